The molecule has 0 atom stereocenters. The number of nitrogens with one attached hydrogen (secondary N) is 1. The van der Waals surface area contributed by atoms with Gasteiger partial charge in [0.15, 0.2) is 0 Å². The minimum Gasteiger partial charge on any atom is -0.475 e. The van der Waals surface area contributed by atoms with Gasteiger partial charge in [-0.05, 0) is 0 Å². The summed E-state index contributed by atoms with van der Waals surface area (Å²) >= 11 is 0. The average molecular weight is 211 g/mol. The van der Waals surface area contributed by atoms with Gasteiger partial charge in [0, 0.05) is 26.2 Å². The van der Waals surface area contributed by atoms with Crippen LogP contribution in [0.3, 0.4) is 0 Å². The Hall–Kier alpha value is -1.40. The molecule has 1 aliphatic heterocycles. The fourth-order valence-corrected chi connectivity index (χ4v) is 1.54. The summed E-state index contributed by atoms with van der Waals surface area (Å²) in [5, 5.41) is 11.9. The number of carboxylic acid groups (broad SMARTS) is 1. The number of oxazole rings is 1. The molecule has 2 heterocycles. The minimum absolute atomic E-state index is 0.0971. The molecule has 6 heteroatoms. The molecular formula is C9H13N3O3. The van der Waals surface area contributed by atoms with Crippen molar-refractivity contribution in [3.63, 3.8) is 0 Å². The normalized spacial score (nSPS) is 17.9. The van der Waals surface area contributed by atoms with Crippen molar-refractivity contribution in [1.82, 2.24) is 15.2 Å². The molecule has 1 aromatic rings. The third kappa shape index (κ3) is 2.54. The largest absolute Gasteiger partial charge is 0.475 e. The Labute approximate surface area is 86.9 Å². The van der Waals surface area contributed by atoms with Gasteiger partial charge < -0.3 is 14.8 Å². The molecule has 0 aliphatic carbocycles. The molecule has 2 N–H and O–H groups in total. The van der Waals surface area contributed by atoms with Crippen molar-refractivity contribution in [2.24, 2.45) is 0 Å². The number of hydrogen-bond donors (Lipinski definition) is 2. The number of carboxylic acids is 1. The lowest BCUT2D eigenvalue weighted by Crippen LogP contribution is -2.42. The summed E-state index contributed by atoms with van der Waals surface area (Å²) in [5.41, 5.74) is 0. The maximum absolute atomic E-state index is 10.5. The maximum atomic E-state index is 10.5. The highest BCUT2D eigenvalue weighted by molar-refractivity contribution is 5.83. The second-order valence-electron chi connectivity index (χ2n) is 3.45. The highest BCUT2D eigenvalue weighted by Gasteiger charge is 2.15. The Kier molecular flexibility index (Phi) is 2.98. The maximum Gasteiger partial charge on any atom is 0.373 e. The van der Waals surface area contributed by atoms with Crippen LogP contribution in [0.4, 0.5) is 0 Å². The number of nitrogens with zero attached hydrogens (tertiary/aromatic N) is 2. The van der Waals surface area contributed by atoms with Crippen molar-refractivity contribution in [2.45, 2.75) is 6.54 Å². The Balaban J connectivity index is 1.94. The molecule has 0 aromatic carbocycles. The van der Waals surface area contributed by atoms with Gasteiger partial charge >= 0.3 is 5.97 Å². The van der Waals surface area contributed by atoms with Crippen molar-refractivity contribution < 1.29 is 14.3 Å². The predicted molar refractivity (Wildman–Crippen MR) is 51.6 cm³/mol. The first-order chi connectivity index (χ1) is 7.25. The summed E-state index contributed by atoms with van der Waals surface area (Å²) < 4.78 is 5.08. The Morgan fingerprint density at radius 2 is 2.33 bits per heavy atom. The number of hydrogen-bond acceptors (Lipinski definition) is 5. The number of rotatable bonds is 3. The van der Waals surface area contributed by atoms with E-state index in [1.54, 1.807) is 0 Å². The molecule has 6 nitrogen and oxygen atoms in total. The molecule has 1 saturated heterocycles. The SMILES string of the molecule is O=C(O)c1cnc(CN2CCNCC2)o1. The van der Waals surface area contributed by atoms with E-state index in [0.29, 0.717) is 12.4 Å². The fourth-order valence-electron chi connectivity index (χ4n) is 1.54. The summed E-state index contributed by atoms with van der Waals surface area (Å²) in [6, 6.07) is 0. The summed E-state index contributed by atoms with van der Waals surface area (Å²) in [6.45, 7) is 4.35. The number of aromatic carboxylic acids is 1. The summed E-state index contributed by atoms with van der Waals surface area (Å²) in [5.74, 6) is -0.705. The summed E-state index contributed by atoms with van der Waals surface area (Å²) in [7, 11) is 0. The van der Waals surface area contributed by atoms with Crippen LogP contribution in [-0.4, -0.2) is 47.1 Å². The lowest BCUT2D eigenvalue weighted by Gasteiger charge is -2.25. The molecule has 1 fully saturated rings. The van der Waals surface area contributed by atoms with Crippen molar-refractivity contribution >= 4 is 5.97 Å². The monoisotopic (exact) mass is 211 g/mol. The van der Waals surface area contributed by atoms with Gasteiger partial charge in [0.2, 0.25) is 11.7 Å². The fraction of sp³-hybridized carbons (Fsp3) is 0.556. The first kappa shape index (κ1) is 10.1. The molecule has 1 aliphatic rings. The van der Waals surface area contributed by atoms with Gasteiger partial charge in [-0.15, -0.1) is 0 Å². The minimum atomic E-state index is -1.07. The van der Waals surface area contributed by atoms with Gasteiger partial charge in [-0.2, -0.15) is 0 Å². The van der Waals surface area contributed by atoms with Crippen LogP contribution in [0.2, 0.25) is 0 Å². The van der Waals surface area contributed by atoms with Gasteiger partial charge in [0.25, 0.3) is 0 Å². The van der Waals surface area contributed by atoms with E-state index in [4.69, 9.17) is 9.52 Å². The highest BCUT2D eigenvalue weighted by Crippen LogP contribution is 2.07. The number of piperazine rings is 1. The lowest BCUT2D eigenvalue weighted by atomic mass is 10.3. The van der Waals surface area contributed by atoms with Crippen LogP contribution in [0.25, 0.3) is 0 Å². The second-order valence-corrected chi connectivity index (χ2v) is 3.45. The zero-order valence-electron chi connectivity index (χ0n) is 8.27. The van der Waals surface area contributed by atoms with Crippen LogP contribution in [0.5, 0.6) is 0 Å². The second kappa shape index (κ2) is 4.41. The highest BCUT2D eigenvalue weighted by atomic mass is 16.4. The molecule has 0 amide bonds. The van der Waals surface area contributed by atoms with Crippen molar-refractivity contribution in [3.05, 3.63) is 17.8 Å². The van der Waals surface area contributed by atoms with E-state index < -0.39 is 5.97 Å². The molecule has 1 aromatic heterocycles. The standard InChI is InChI=1S/C9H13N3O3/c13-9(14)7-5-11-8(15-7)6-12-3-1-10-2-4-12/h5,10H,1-4,6H2,(H,13,14). The smallest absolute Gasteiger partial charge is 0.373 e. The van der Waals surface area contributed by atoms with Crippen LogP contribution >= 0.6 is 0 Å². The van der Waals surface area contributed by atoms with Crippen molar-refractivity contribution in [2.75, 3.05) is 26.2 Å². The van der Waals surface area contributed by atoms with E-state index in [2.05, 4.69) is 15.2 Å². The van der Waals surface area contributed by atoms with Gasteiger partial charge in [-0.1, -0.05) is 0 Å². The van der Waals surface area contributed by atoms with Gasteiger partial charge in [0.1, 0.15) is 0 Å². The van der Waals surface area contributed by atoms with Crippen LogP contribution in [0, 0.1) is 0 Å². The quantitative estimate of drug-likeness (QED) is 0.719. The van der Waals surface area contributed by atoms with Gasteiger partial charge in [-0.3, -0.25) is 4.90 Å². The van der Waals surface area contributed by atoms with Crippen LogP contribution in [0.15, 0.2) is 10.6 Å². The predicted octanol–water partition coefficient (Wildman–Crippen LogP) is -0.222. The summed E-state index contributed by atoms with van der Waals surface area (Å²) in [6.07, 6.45) is 1.25. The Morgan fingerprint density at radius 3 is 2.93 bits per heavy atom. The van der Waals surface area contributed by atoms with E-state index in [1.807, 2.05) is 0 Å². The molecule has 0 bridgehead atoms. The van der Waals surface area contributed by atoms with Gasteiger partial charge in [0.05, 0.1) is 12.7 Å². The zero-order chi connectivity index (χ0) is 10.7. The van der Waals surface area contributed by atoms with Crippen molar-refractivity contribution in [1.29, 1.82) is 0 Å². The first-order valence-electron chi connectivity index (χ1n) is 4.87. The molecule has 82 valence electrons. The van der Waals surface area contributed by atoms with E-state index in [9.17, 15) is 4.79 Å². The molecular weight excluding hydrogens is 198 g/mol. The van der Waals surface area contributed by atoms with Crippen LogP contribution in [-0.2, 0) is 6.54 Å². The van der Waals surface area contributed by atoms with Crippen LogP contribution in [0.1, 0.15) is 16.4 Å². The molecule has 2 rings (SSSR count). The third-order valence-corrected chi connectivity index (χ3v) is 2.33. The van der Waals surface area contributed by atoms with Gasteiger partial charge in [-0.25, -0.2) is 9.78 Å². The summed E-state index contributed by atoms with van der Waals surface area (Å²) in [4.78, 5) is 16.6. The van der Waals surface area contributed by atoms with Crippen LogP contribution < -0.4 is 5.32 Å². The lowest BCUT2D eigenvalue weighted by molar-refractivity contribution is 0.0658. The van der Waals surface area contributed by atoms with Crippen molar-refractivity contribution in [3.8, 4) is 0 Å². The van der Waals surface area contributed by atoms with E-state index in [0.717, 1.165) is 26.2 Å². The molecule has 0 saturated carbocycles. The molecule has 15 heavy (non-hydrogen) atoms. The zero-order valence-corrected chi connectivity index (χ0v) is 8.27. The Morgan fingerprint density at radius 1 is 1.60 bits per heavy atom. The third-order valence-electron chi connectivity index (χ3n) is 2.33. The average Bonchev–Trinajstić information content (AvgIpc) is 2.68. The molecule has 0 spiro atoms. The van der Waals surface area contributed by atoms with E-state index in [-0.39, 0.29) is 5.76 Å². The number of aromatic nitrogens is 1. The molecule has 0 radical (unpaired) electrons. The van der Waals surface area contributed by atoms with E-state index >= 15 is 0 Å². The first-order valence-corrected chi connectivity index (χ1v) is 4.87. The topological polar surface area (TPSA) is 78.6 Å². The number of carbonyl (C=O) groups is 1. The molecule has 0 unspecified atom stereocenters. The Bertz CT molecular complexity index is 344. The van der Waals surface area contributed by atoms with E-state index in [1.165, 1.54) is 6.20 Å².